The molecule has 462 valence electrons. The predicted octanol–water partition coefficient (Wildman–Crippen LogP) is 12.9. The van der Waals surface area contributed by atoms with E-state index < -0.39 is 80.7 Å². The van der Waals surface area contributed by atoms with E-state index >= 15 is 0 Å². The van der Waals surface area contributed by atoms with Crippen molar-refractivity contribution < 1.29 is 69.0 Å². The number of carbonyl (C=O) groups is 1. The number of carbonyl (C=O) groups excluding carboxylic acids is 1. The van der Waals surface area contributed by atoms with Crippen LogP contribution in [0.3, 0.4) is 0 Å². The summed E-state index contributed by atoms with van der Waals surface area (Å²) in [4.78, 5) is 13.1. The molecule has 0 aromatic rings. The van der Waals surface area contributed by atoms with Gasteiger partial charge < -0.3 is 64.2 Å². The predicted molar refractivity (Wildman–Crippen MR) is 312 cm³/mol. The average Bonchev–Trinajstić information content (AvgIpc) is 3.45. The number of allylic oxidation sites excluding steroid dienone is 2. The number of aliphatic hydroxyl groups excluding tert-OH is 7. The van der Waals surface area contributed by atoms with Gasteiger partial charge in [-0.05, 0) is 38.5 Å². The molecule has 0 spiro atoms. The average molecular weight is 1120 g/mol. The zero-order chi connectivity index (χ0) is 56.5. The first-order valence-electron chi connectivity index (χ1n) is 32.8. The fraction of sp³-hybridized carbons (Fsp3) is 0.953. The van der Waals surface area contributed by atoms with E-state index in [0.29, 0.717) is 13.0 Å². The molecular formula is C64H122O14. The molecule has 0 aliphatic carbocycles. The second kappa shape index (κ2) is 51.4. The minimum absolute atomic E-state index is 0.0681. The van der Waals surface area contributed by atoms with E-state index in [0.717, 1.165) is 38.5 Å². The summed E-state index contributed by atoms with van der Waals surface area (Å²) in [6.45, 7) is 3.77. The first-order valence-corrected chi connectivity index (χ1v) is 32.8. The Hall–Kier alpha value is -1.27. The van der Waals surface area contributed by atoms with E-state index in [9.17, 15) is 40.5 Å². The summed E-state index contributed by atoms with van der Waals surface area (Å²) < 4.78 is 34.5. The van der Waals surface area contributed by atoms with Crippen LogP contribution < -0.4 is 0 Å². The molecule has 14 heteroatoms. The number of hydrogen-bond donors (Lipinski definition) is 7. The molecule has 0 amide bonds. The van der Waals surface area contributed by atoms with Crippen LogP contribution >= 0.6 is 0 Å². The van der Waals surface area contributed by atoms with Crippen LogP contribution in [0.1, 0.15) is 290 Å². The topological polar surface area (TPSA) is 214 Å². The number of ether oxygens (including phenoxy) is 6. The van der Waals surface area contributed by atoms with Gasteiger partial charge in [0.25, 0.3) is 0 Å². The fourth-order valence-corrected chi connectivity index (χ4v) is 10.8. The Labute approximate surface area is 475 Å². The molecule has 7 N–H and O–H groups in total. The van der Waals surface area contributed by atoms with Gasteiger partial charge in [0, 0.05) is 13.0 Å². The highest BCUT2D eigenvalue weighted by Gasteiger charge is 2.47. The number of rotatable bonds is 55. The van der Waals surface area contributed by atoms with Crippen molar-refractivity contribution in [2.24, 2.45) is 0 Å². The smallest absolute Gasteiger partial charge is 0.306 e. The molecule has 0 radical (unpaired) electrons. The second-order valence-electron chi connectivity index (χ2n) is 23.3. The Bertz CT molecular complexity index is 1340. The van der Waals surface area contributed by atoms with Gasteiger partial charge in [0.05, 0.1) is 26.4 Å². The maximum Gasteiger partial charge on any atom is 0.306 e. The van der Waals surface area contributed by atoms with E-state index in [4.69, 9.17) is 28.4 Å². The van der Waals surface area contributed by atoms with Crippen molar-refractivity contribution in [3.63, 3.8) is 0 Å². The Balaban J connectivity index is 1.66. The zero-order valence-electron chi connectivity index (χ0n) is 49.9. The summed E-state index contributed by atoms with van der Waals surface area (Å²) in [6, 6.07) is 0. The van der Waals surface area contributed by atoms with Crippen LogP contribution in [0.15, 0.2) is 12.2 Å². The molecule has 11 atom stereocenters. The minimum atomic E-state index is -1.70. The van der Waals surface area contributed by atoms with Crippen molar-refractivity contribution in [3.05, 3.63) is 12.2 Å². The third-order valence-corrected chi connectivity index (χ3v) is 16.0. The number of unbranched alkanes of at least 4 members (excludes halogenated alkanes) is 39. The largest absolute Gasteiger partial charge is 0.457 e. The number of esters is 1. The van der Waals surface area contributed by atoms with Crippen molar-refractivity contribution in [3.8, 4) is 0 Å². The summed E-state index contributed by atoms with van der Waals surface area (Å²) >= 11 is 0. The summed E-state index contributed by atoms with van der Waals surface area (Å²) in [5.74, 6) is -0.367. The van der Waals surface area contributed by atoms with Crippen molar-refractivity contribution in [1.82, 2.24) is 0 Å². The molecule has 0 aromatic carbocycles. The molecule has 0 bridgehead atoms. The molecule has 2 aliphatic rings. The zero-order valence-corrected chi connectivity index (χ0v) is 49.9. The van der Waals surface area contributed by atoms with E-state index in [1.807, 2.05) is 0 Å². The van der Waals surface area contributed by atoms with Crippen LogP contribution in [0.4, 0.5) is 0 Å². The first kappa shape index (κ1) is 72.8. The quantitative estimate of drug-likeness (QED) is 0.0172. The molecule has 14 nitrogen and oxygen atoms in total. The van der Waals surface area contributed by atoms with E-state index in [1.165, 1.54) is 225 Å². The molecule has 2 aliphatic heterocycles. The molecule has 2 fully saturated rings. The van der Waals surface area contributed by atoms with Gasteiger partial charge in [-0.25, -0.2) is 0 Å². The molecule has 2 rings (SSSR count). The molecule has 78 heavy (non-hydrogen) atoms. The maximum absolute atomic E-state index is 13.1. The molecule has 2 saturated heterocycles. The van der Waals surface area contributed by atoms with Gasteiger partial charge in [-0.2, -0.15) is 0 Å². The highest BCUT2D eigenvalue weighted by molar-refractivity contribution is 5.69. The summed E-state index contributed by atoms with van der Waals surface area (Å²) in [6.07, 6.45) is 42.8. The Morgan fingerprint density at radius 1 is 0.410 bits per heavy atom. The Morgan fingerprint density at radius 2 is 0.756 bits per heavy atom. The lowest BCUT2D eigenvalue weighted by Gasteiger charge is -2.42. The third-order valence-electron chi connectivity index (χ3n) is 16.0. The Kier molecular flexibility index (Phi) is 48.0. The van der Waals surface area contributed by atoms with Crippen molar-refractivity contribution in [2.45, 2.75) is 357 Å². The van der Waals surface area contributed by atoms with Crippen molar-refractivity contribution >= 4 is 5.97 Å². The van der Waals surface area contributed by atoms with Gasteiger partial charge in [-0.1, -0.05) is 257 Å². The lowest BCUT2D eigenvalue weighted by Crippen LogP contribution is -2.61. The second-order valence-corrected chi connectivity index (χ2v) is 23.3. The van der Waals surface area contributed by atoms with Crippen LogP contribution in [-0.2, 0) is 33.2 Å². The van der Waals surface area contributed by atoms with Gasteiger partial charge in [0.2, 0.25) is 0 Å². The normalized spacial score (nSPS) is 24.1. The fourth-order valence-electron chi connectivity index (χ4n) is 10.8. The highest BCUT2D eigenvalue weighted by atomic mass is 16.7. The standard InChI is InChI=1S/C64H122O14/c1-3-5-7-9-11-13-15-17-19-21-23-25-26-27-28-30-32-34-36-38-40-42-44-46-48-73-50-53(76-56(66)47-45-43-41-39-37-35-33-31-29-24-22-20-18-16-14-12-10-8-6-4-2)51-74-63-62(72)60(70)58(68)55(78-63)52-75-64-61(71)59(69)57(67)54(49-65)77-64/h21,23,53-55,57-65,67-72H,3-20,22,24-52H2,1-2H3/b23-21-. The van der Waals surface area contributed by atoms with E-state index in [-0.39, 0.29) is 25.6 Å². The van der Waals surface area contributed by atoms with Crippen LogP contribution in [0.2, 0.25) is 0 Å². The molecule has 11 unspecified atom stereocenters. The highest BCUT2D eigenvalue weighted by Crippen LogP contribution is 2.27. The maximum atomic E-state index is 13.1. The van der Waals surface area contributed by atoms with Gasteiger partial charge in [-0.3, -0.25) is 4.79 Å². The summed E-state index contributed by atoms with van der Waals surface area (Å²) in [7, 11) is 0. The van der Waals surface area contributed by atoms with Gasteiger partial charge in [0.1, 0.15) is 54.9 Å². The van der Waals surface area contributed by atoms with E-state index in [1.54, 1.807) is 0 Å². The summed E-state index contributed by atoms with van der Waals surface area (Å²) in [5, 5.41) is 72.5. The van der Waals surface area contributed by atoms with Crippen molar-refractivity contribution in [2.75, 3.05) is 33.0 Å². The SMILES string of the molecule is CCCCCCCCCC/C=C\CCCCCCCCCCCCCCOCC(COC1OC(COC2OC(CO)C(O)C(O)C2O)C(O)C(O)C1O)OC(=O)CCCCCCCCCCCCCCCCCCCCCC. The van der Waals surface area contributed by atoms with Gasteiger partial charge in [0.15, 0.2) is 12.6 Å². The lowest BCUT2D eigenvalue weighted by molar-refractivity contribution is -0.332. The van der Waals surface area contributed by atoms with Crippen LogP contribution in [0.25, 0.3) is 0 Å². The first-order chi connectivity index (χ1) is 38.1. The van der Waals surface area contributed by atoms with E-state index in [2.05, 4.69) is 26.0 Å². The summed E-state index contributed by atoms with van der Waals surface area (Å²) in [5.41, 5.74) is 0. The van der Waals surface area contributed by atoms with Gasteiger partial charge in [-0.15, -0.1) is 0 Å². The van der Waals surface area contributed by atoms with Crippen LogP contribution in [-0.4, -0.2) is 142 Å². The molecule has 2 heterocycles. The number of hydrogen-bond acceptors (Lipinski definition) is 14. The van der Waals surface area contributed by atoms with Crippen LogP contribution in [0, 0.1) is 0 Å². The lowest BCUT2D eigenvalue weighted by atomic mass is 9.98. The third kappa shape index (κ3) is 37.0. The Morgan fingerprint density at radius 3 is 1.17 bits per heavy atom. The van der Waals surface area contributed by atoms with Crippen LogP contribution in [0.5, 0.6) is 0 Å². The van der Waals surface area contributed by atoms with Crippen molar-refractivity contribution in [1.29, 1.82) is 0 Å². The molecular weight excluding hydrogens is 993 g/mol. The monoisotopic (exact) mass is 1110 g/mol. The molecule has 0 aromatic heterocycles. The molecule has 0 saturated carbocycles. The number of aliphatic hydroxyl groups is 7. The van der Waals surface area contributed by atoms with Gasteiger partial charge >= 0.3 is 5.97 Å². The minimum Gasteiger partial charge on any atom is -0.457 e.